The molecule has 23 heavy (non-hydrogen) atoms. The van der Waals surface area contributed by atoms with Crippen LogP contribution in [-0.4, -0.2) is 49.4 Å². The lowest BCUT2D eigenvalue weighted by molar-refractivity contribution is -0.0298. The third kappa shape index (κ3) is 2.59. The predicted octanol–water partition coefficient (Wildman–Crippen LogP) is -1.74. The molecule has 4 atom stereocenters. The van der Waals surface area contributed by atoms with E-state index in [1.807, 2.05) is 0 Å². The minimum absolute atomic E-state index is 0.0586. The summed E-state index contributed by atoms with van der Waals surface area (Å²) in [6.45, 7) is 1.93. The van der Waals surface area contributed by atoms with E-state index in [1.54, 1.807) is 6.92 Å². The number of carbonyl (C=O) groups excluding carboxylic acids is 1. The number of urea groups is 1. The molecule has 2 amide bonds. The number of nitrogen functional groups attached to an aromatic ring is 1. The van der Waals surface area contributed by atoms with Gasteiger partial charge in [0.1, 0.15) is 6.10 Å². The third-order valence-corrected chi connectivity index (χ3v) is 3.92. The summed E-state index contributed by atoms with van der Waals surface area (Å²) < 4.78 is 7.19. The number of aliphatic hydroxyl groups excluding tert-OH is 1. The topological polar surface area (TPSA) is 174 Å². The van der Waals surface area contributed by atoms with Crippen molar-refractivity contribution < 1.29 is 14.6 Å². The van der Waals surface area contributed by atoms with Gasteiger partial charge < -0.3 is 26.6 Å². The first kappa shape index (κ1) is 15.2. The van der Waals surface area contributed by atoms with E-state index >= 15 is 0 Å². The molecule has 0 bridgehead atoms. The molecule has 11 heteroatoms. The molecule has 0 aromatic carbocycles. The molecule has 0 radical (unpaired) electrons. The molecule has 124 valence electrons. The molecule has 1 fully saturated rings. The van der Waals surface area contributed by atoms with Crippen LogP contribution in [-0.2, 0) is 4.74 Å². The molecule has 0 spiro atoms. The maximum atomic E-state index is 11.8. The maximum Gasteiger partial charge on any atom is 0.312 e. The van der Waals surface area contributed by atoms with Gasteiger partial charge in [-0.05, 0) is 6.92 Å². The molecule has 0 unspecified atom stereocenters. The summed E-state index contributed by atoms with van der Waals surface area (Å²) >= 11 is 0. The number of aromatic amines is 1. The number of amides is 2. The van der Waals surface area contributed by atoms with Crippen molar-refractivity contribution in [3.8, 4) is 0 Å². The number of ether oxygens (including phenoxy) is 1. The number of fused-ring (bicyclic) bond motifs is 1. The van der Waals surface area contributed by atoms with Crippen LogP contribution in [0.2, 0.25) is 0 Å². The summed E-state index contributed by atoms with van der Waals surface area (Å²) in [5, 5.41) is 12.9. The SMILES string of the molecule is C[C@H]1O[C@@H](n2cnc3c(=O)[nH]c(N)nc32)[C@H](O)[C@@H]1CNC(N)=O. The van der Waals surface area contributed by atoms with Crippen molar-refractivity contribution >= 4 is 23.1 Å². The van der Waals surface area contributed by atoms with E-state index < -0.39 is 23.9 Å². The molecule has 2 aromatic heterocycles. The number of imidazole rings is 1. The van der Waals surface area contributed by atoms with Gasteiger partial charge in [-0.25, -0.2) is 9.78 Å². The van der Waals surface area contributed by atoms with Crippen LogP contribution in [0.5, 0.6) is 0 Å². The van der Waals surface area contributed by atoms with Crippen LogP contribution >= 0.6 is 0 Å². The van der Waals surface area contributed by atoms with Gasteiger partial charge in [0.2, 0.25) is 5.95 Å². The number of aromatic nitrogens is 4. The zero-order valence-corrected chi connectivity index (χ0v) is 12.3. The normalized spacial score (nSPS) is 27.4. The number of hydrogen-bond donors (Lipinski definition) is 5. The van der Waals surface area contributed by atoms with Gasteiger partial charge in [-0.3, -0.25) is 14.3 Å². The summed E-state index contributed by atoms with van der Waals surface area (Å²) in [6.07, 6.45) is -0.741. The van der Waals surface area contributed by atoms with Crippen LogP contribution in [0.4, 0.5) is 10.7 Å². The Morgan fingerprint density at radius 2 is 2.35 bits per heavy atom. The fourth-order valence-electron chi connectivity index (χ4n) is 2.76. The molecule has 7 N–H and O–H groups in total. The van der Waals surface area contributed by atoms with E-state index in [-0.39, 0.29) is 35.7 Å². The first-order valence-corrected chi connectivity index (χ1v) is 6.97. The van der Waals surface area contributed by atoms with Gasteiger partial charge in [-0.2, -0.15) is 4.98 Å². The largest absolute Gasteiger partial charge is 0.388 e. The van der Waals surface area contributed by atoms with E-state index in [2.05, 4.69) is 20.3 Å². The molecule has 0 saturated carbocycles. The quantitative estimate of drug-likeness (QED) is 0.445. The number of carbonyl (C=O) groups is 1. The van der Waals surface area contributed by atoms with E-state index in [1.165, 1.54) is 10.9 Å². The van der Waals surface area contributed by atoms with Crippen LogP contribution in [0.1, 0.15) is 13.2 Å². The number of aliphatic hydroxyl groups is 1. The van der Waals surface area contributed by atoms with Gasteiger partial charge in [-0.15, -0.1) is 0 Å². The minimum Gasteiger partial charge on any atom is -0.388 e. The molecule has 2 aromatic rings. The lowest BCUT2D eigenvalue weighted by Gasteiger charge is -2.19. The van der Waals surface area contributed by atoms with Crippen LogP contribution in [0, 0.1) is 5.92 Å². The highest BCUT2D eigenvalue weighted by Gasteiger charge is 2.43. The number of hydrogen-bond acceptors (Lipinski definition) is 7. The van der Waals surface area contributed by atoms with Crippen molar-refractivity contribution in [3.63, 3.8) is 0 Å². The summed E-state index contributed by atoms with van der Waals surface area (Å²) in [5.41, 5.74) is 10.4. The average molecular weight is 323 g/mol. The van der Waals surface area contributed by atoms with E-state index in [0.29, 0.717) is 0 Å². The van der Waals surface area contributed by atoms with Gasteiger partial charge >= 0.3 is 6.03 Å². The summed E-state index contributed by atoms with van der Waals surface area (Å²) in [4.78, 5) is 33.0. The molecule has 3 heterocycles. The number of rotatable bonds is 3. The fourth-order valence-corrected chi connectivity index (χ4v) is 2.76. The Morgan fingerprint density at radius 1 is 1.61 bits per heavy atom. The second-order valence-corrected chi connectivity index (χ2v) is 5.41. The van der Waals surface area contributed by atoms with Gasteiger partial charge in [-0.1, -0.05) is 0 Å². The standard InChI is InChI=1S/C12H17N7O4/c1-4-5(2-15-12(14)22)7(20)10(23-4)19-3-16-6-8(19)17-11(13)18-9(6)21/h3-5,7,10,20H,2H2,1H3,(H3,14,15,22)(H3,13,17,18,21)/t4-,5-,7-,10-/m1/s1. The zero-order valence-electron chi connectivity index (χ0n) is 12.3. The second kappa shape index (κ2) is 5.52. The van der Waals surface area contributed by atoms with E-state index in [4.69, 9.17) is 16.2 Å². The van der Waals surface area contributed by atoms with Crippen molar-refractivity contribution in [1.29, 1.82) is 0 Å². The Balaban J connectivity index is 1.93. The summed E-state index contributed by atoms with van der Waals surface area (Å²) in [6, 6.07) is -0.679. The molecule has 0 aliphatic carbocycles. The van der Waals surface area contributed by atoms with E-state index in [9.17, 15) is 14.7 Å². The second-order valence-electron chi connectivity index (χ2n) is 5.41. The molecular formula is C12H17N7O4. The summed E-state index contributed by atoms with van der Waals surface area (Å²) in [5.74, 6) is -0.430. The Bertz CT molecular complexity index is 800. The highest BCUT2D eigenvalue weighted by atomic mass is 16.5. The van der Waals surface area contributed by atoms with Gasteiger partial charge in [0.15, 0.2) is 17.4 Å². The lowest BCUT2D eigenvalue weighted by atomic mass is 9.99. The first-order valence-electron chi connectivity index (χ1n) is 6.97. The van der Waals surface area contributed by atoms with Crippen LogP contribution < -0.4 is 22.3 Å². The van der Waals surface area contributed by atoms with Crippen LogP contribution in [0.3, 0.4) is 0 Å². The molecule has 1 aliphatic heterocycles. The smallest absolute Gasteiger partial charge is 0.312 e. The average Bonchev–Trinajstić information content (AvgIpc) is 2.98. The highest BCUT2D eigenvalue weighted by molar-refractivity contribution is 5.71. The van der Waals surface area contributed by atoms with Crippen molar-refractivity contribution in [2.24, 2.45) is 11.7 Å². The van der Waals surface area contributed by atoms with E-state index in [0.717, 1.165) is 0 Å². The van der Waals surface area contributed by atoms with Crippen molar-refractivity contribution in [3.05, 3.63) is 16.7 Å². The Hall–Kier alpha value is -2.66. The Morgan fingerprint density at radius 3 is 3.04 bits per heavy atom. The van der Waals surface area contributed by atoms with Gasteiger partial charge in [0.25, 0.3) is 5.56 Å². The molecule has 3 rings (SSSR count). The molecular weight excluding hydrogens is 306 g/mol. The lowest BCUT2D eigenvalue weighted by Crippen LogP contribution is -2.39. The first-order chi connectivity index (χ1) is 10.9. The minimum atomic E-state index is -0.948. The Labute approximate surface area is 129 Å². The molecule has 11 nitrogen and oxygen atoms in total. The monoisotopic (exact) mass is 323 g/mol. The van der Waals surface area contributed by atoms with Crippen molar-refractivity contribution in [1.82, 2.24) is 24.8 Å². The van der Waals surface area contributed by atoms with Crippen molar-refractivity contribution in [2.75, 3.05) is 12.3 Å². The highest BCUT2D eigenvalue weighted by Crippen LogP contribution is 2.34. The Kier molecular flexibility index (Phi) is 3.66. The van der Waals surface area contributed by atoms with Gasteiger partial charge in [0.05, 0.1) is 12.4 Å². The number of nitrogens with two attached hydrogens (primary N) is 2. The number of H-pyrrole nitrogens is 1. The zero-order chi connectivity index (χ0) is 16.7. The fraction of sp³-hybridized carbons (Fsp3) is 0.500. The third-order valence-electron chi connectivity index (χ3n) is 3.92. The number of nitrogens with one attached hydrogen (secondary N) is 2. The van der Waals surface area contributed by atoms with Crippen LogP contribution in [0.15, 0.2) is 11.1 Å². The molecule has 1 aliphatic rings. The maximum absolute atomic E-state index is 11.8. The summed E-state index contributed by atoms with van der Waals surface area (Å²) in [7, 11) is 0. The molecule has 1 saturated heterocycles. The van der Waals surface area contributed by atoms with Gasteiger partial charge in [0, 0.05) is 12.5 Å². The number of anilines is 1. The number of nitrogens with zero attached hydrogens (tertiary/aromatic N) is 3. The predicted molar refractivity (Wildman–Crippen MR) is 79.2 cm³/mol. The van der Waals surface area contributed by atoms with Crippen molar-refractivity contribution in [2.45, 2.75) is 25.4 Å². The van der Waals surface area contributed by atoms with Crippen LogP contribution in [0.25, 0.3) is 11.2 Å². The number of primary amides is 1.